The first-order valence-electron chi connectivity index (χ1n) is 22.4. The maximum absolute atomic E-state index is 5.66. The minimum Gasteiger partial charge on any atom is -0.310 e. The molecule has 306 valence electrons. The Balaban J connectivity index is 0.888. The maximum atomic E-state index is 5.66. The molecule has 9 aromatic carbocycles. The first-order valence-corrected chi connectivity index (χ1v) is 22.4. The number of hydrogen-bond acceptors (Lipinski definition) is 3. The van der Waals surface area contributed by atoms with Crippen LogP contribution in [0.2, 0.25) is 0 Å². The van der Waals surface area contributed by atoms with E-state index in [1.165, 1.54) is 66.1 Å². The predicted molar refractivity (Wildman–Crippen MR) is 269 cm³/mol. The first kappa shape index (κ1) is 38.0. The van der Waals surface area contributed by atoms with Crippen molar-refractivity contribution in [1.82, 2.24) is 4.98 Å². The average molecular weight is 822 g/mol. The number of fused-ring (bicyclic) bond motifs is 8. The van der Waals surface area contributed by atoms with Crippen LogP contribution in [0.4, 0.5) is 34.1 Å². The number of anilines is 6. The molecule has 12 rings (SSSR count). The molecular weight excluding hydrogens is 775 g/mol. The van der Waals surface area contributed by atoms with Crippen LogP contribution in [0.15, 0.2) is 212 Å². The van der Waals surface area contributed by atoms with Crippen LogP contribution in [0.5, 0.6) is 0 Å². The molecule has 64 heavy (non-hydrogen) atoms. The van der Waals surface area contributed by atoms with Gasteiger partial charge < -0.3 is 9.80 Å². The van der Waals surface area contributed by atoms with Crippen molar-refractivity contribution in [3.8, 4) is 33.5 Å². The normalized spacial score (nSPS) is 13.9. The van der Waals surface area contributed by atoms with Gasteiger partial charge in [0.25, 0.3) is 0 Å². The molecular formula is C61H47N3. The lowest BCUT2D eigenvalue weighted by Crippen LogP contribution is -2.19. The third kappa shape index (κ3) is 5.99. The molecule has 2 aliphatic carbocycles. The van der Waals surface area contributed by atoms with Crippen LogP contribution in [0.1, 0.15) is 50.1 Å². The summed E-state index contributed by atoms with van der Waals surface area (Å²) >= 11 is 0. The van der Waals surface area contributed by atoms with Crippen molar-refractivity contribution >= 4 is 55.7 Å². The Hall–Kier alpha value is -7.75. The standard InChI is InChI=1S/C61H47N3/c1-60(2)55-37-45(42-24-25-44-36-49(30-27-43(44)34-42)63(46-18-8-5-9-19-46)47-20-10-6-11-21-47)28-32-53(55)58-57(60)39-54-52-33-31-51(38-56(52)61(3,4)59(54)62-58)64(48-22-12-7-13-23-48)50-29-26-40-16-14-15-17-41(40)35-50/h5-39H,1-4H3. The molecule has 0 bridgehead atoms. The van der Waals surface area contributed by atoms with Gasteiger partial charge in [-0.15, -0.1) is 0 Å². The van der Waals surface area contributed by atoms with Gasteiger partial charge in [0, 0.05) is 56.1 Å². The van der Waals surface area contributed by atoms with Gasteiger partial charge in [-0.05, 0) is 146 Å². The minimum atomic E-state index is -0.293. The molecule has 0 radical (unpaired) electrons. The van der Waals surface area contributed by atoms with Crippen LogP contribution in [-0.2, 0) is 10.8 Å². The SMILES string of the molecule is CC1(C)c2cc(-c3ccc4cc(N(c5ccccc5)c5ccccc5)ccc4c3)ccc2-c2nc3c(cc21)-c1ccc(N(c2ccccc2)c2ccc4ccccc4c2)cc1C3(C)C. The van der Waals surface area contributed by atoms with Crippen molar-refractivity contribution in [3.05, 3.63) is 235 Å². The lowest BCUT2D eigenvalue weighted by molar-refractivity contribution is 0.631. The highest BCUT2D eigenvalue weighted by Gasteiger charge is 2.43. The molecule has 0 spiro atoms. The summed E-state index contributed by atoms with van der Waals surface area (Å²) in [5.41, 5.74) is 18.7. The molecule has 0 unspecified atom stereocenters. The van der Waals surface area contributed by atoms with Gasteiger partial charge in [-0.3, -0.25) is 4.98 Å². The predicted octanol–water partition coefficient (Wildman–Crippen LogP) is 16.6. The van der Waals surface area contributed by atoms with E-state index in [0.717, 1.165) is 45.5 Å². The quantitative estimate of drug-likeness (QED) is 0.160. The second kappa shape index (κ2) is 14.4. The van der Waals surface area contributed by atoms with Crippen molar-refractivity contribution in [2.75, 3.05) is 9.80 Å². The molecule has 0 atom stereocenters. The summed E-state index contributed by atoms with van der Waals surface area (Å²) in [6.45, 7) is 9.43. The second-order valence-corrected chi connectivity index (χ2v) is 18.5. The number of para-hydroxylation sites is 3. The van der Waals surface area contributed by atoms with Gasteiger partial charge >= 0.3 is 0 Å². The molecule has 10 aromatic rings. The molecule has 0 saturated carbocycles. The molecule has 0 aliphatic heterocycles. The van der Waals surface area contributed by atoms with Crippen LogP contribution in [0.25, 0.3) is 55.1 Å². The lowest BCUT2D eigenvalue weighted by atomic mass is 9.81. The molecule has 1 heterocycles. The van der Waals surface area contributed by atoms with Gasteiger partial charge in [-0.1, -0.05) is 149 Å². The Kier molecular flexibility index (Phi) is 8.54. The van der Waals surface area contributed by atoms with Gasteiger partial charge in [0.15, 0.2) is 0 Å². The zero-order valence-corrected chi connectivity index (χ0v) is 36.5. The van der Waals surface area contributed by atoms with Crippen molar-refractivity contribution in [2.45, 2.75) is 38.5 Å². The zero-order valence-electron chi connectivity index (χ0n) is 36.5. The van der Waals surface area contributed by atoms with E-state index in [1.807, 2.05) is 0 Å². The van der Waals surface area contributed by atoms with Gasteiger partial charge in [0.05, 0.1) is 11.4 Å². The number of rotatable bonds is 7. The van der Waals surface area contributed by atoms with Gasteiger partial charge in [-0.25, -0.2) is 0 Å². The number of pyridine rings is 1. The van der Waals surface area contributed by atoms with Crippen molar-refractivity contribution in [1.29, 1.82) is 0 Å². The molecule has 2 aliphatic rings. The Morgan fingerprint density at radius 2 is 0.766 bits per heavy atom. The largest absolute Gasteiger partial charge is 0.310 e. The molecule has 3 heteroatoms. The highest BCUT2D eigenvalue weighted by Crippen LogP contribution is 2.56. The highest BCUT2D eigenvalue weighted by atomic mass is 15.1. The molecule has 1 aromatic heterocycles. The Bertz CT molecular complexity index is 3400. The molecule has 0 amide bonds. The monoisotopic (exact) mass is 821 g/mol. The number of nitrogens with zero attached hydrogens (tertiary/aromatic N) is 3. The molecule has 0 N–H and O–H groups in total. The molecule has 0 fully saturated rings. The van der Waals surface area contributed by atoms with E-state index >= 15 is 0 Å². The third-order valence-corrected chi connectivity index (χ3v) is 13.9. The van der Waals surface area contributed by atoms with E-state index in [4.69, 9.17) is 4.98 Å². The van der Waals surface area contributed by atoms with E-state index in [0.29, 0.717) is 0 Å². The van der Waals surface area contributed by atoms with E-state index in [1.54, 1.807) is 0 Å². The van der Waals surface area contributed by atoms with Crippen molar-refractivity contribution in [3.63, 3.8) is 0 Å². The third-order valence-electron chi connectivity index (χ3n) is 13.9. The van der Waals surface area contributed by atoms with Gasteiger partial charge in [-0.2, -0.15) is 0 Å². The van der Waals surface area contributed by atoms with Crippen molar-refractivity contribution < 1.29 is 0 Å². The smallest absolute Gasteiger partial charge is 0.0750 e. The molecule has 0 saturated heterocycles. The van der Waals surface area contributed by atoms with Crippen LogP contribution in [0, 0.1) is 0 Å². The van der Waals surface area contributed by atoms with Crippen molar-refractivity contribution in [2.24, 2.45) is 0 Å². The van der Waals surface area contributed by atoms with E-state index in [2.05, 4.69) is 250 Å². The number of aromatic nitrogens is 1. The van der Waals surface area contributed by atoms with E-state index in [-0.39, 0.29) is 10.8 Å². The highest BCUT2D eigenvalue weighted by molar-refractivity contribution is 5.94. The fourth-order valence-corrected chi connectivity index (χ4v) is 10.5. The summed E-state index contributed by atoms with van der Waals surface area (Å²) < 4.78 is 0. The zero-order chi connectivity index (χ0) is 43.2. The van der Waals surface area contributed by atoms with E-state index in [9.17, 15) is 0 Å². The Morgan fingerprint density at radius 3 is 1.42 bits per heavy atom. The van der Waals surface area contributed by atoms with Gasteiger partial charge in [0.1, 0.15) is 0 Å². The first-order chi connectivity index (χ1) is 31.2. The van der Waals surface area contributed by atoms with Crippen LogP contribution in [-0.4, -0.2) is 4.98 Å². The fourth-order valence-electron chi connectivity index (χ4n) is 10.5. The lowest BCUT2D eigenvalue weighted by Gasteiger charge is -2.28. The number of benzene rings is 9. The summed E-state index contributed by atoms with van der Waals surface area (Å²) in [6, 6.07) is 77.5. The Morgan fingerprint density at radius 1 is 0.312 bits per heavy atom. The molecule has 3 nitrogen and oxygen atoms in total. The second-order valence-electron chi connectivity index (χ2n) is 18.5. The number of hydrogen-bond donors (Lipinski definition) is 0. The van der Waals surface area contributed by atoms with Crippen LogP contribution >= 0.6 is 0 Å². The minimum absolute atomic E-state index is 0.222. The summed E-state index contributed by atoms with van der Waals surface area (Å²) in [6.07, 6.45) is 0. The van der Waals surface area contributed by atoms with E-state index < -0.39 is 0 Å². The van der Waals surface area contributed by atoms with Crippen LogP contribution in [0.3, 0.4) is 0 Å². The maximum Gasteiger partial charge on any atom is 0.0750 e. The average Bonchev–Trinajstić information content (AvgIpc) is 3.69. The summed E-state index contributed by atoms with van der Waals surface area (Å²) in [5.74, 6) is 0. The topological polar surface area (TPSA) is 19.4 Å². The fraction of sp³-hybridized carbons (Fsp3) is 0.0984. The van der Waals surface area contributed by atoms with Gasteiger partial charge in [0.2, 0.25) is 0 Å². The Labute approximate surface area is 375 Å². The summed E-state index contributed by atoms with van der Waals surface area (Å²) in [5, 5.41) is 4.90. The summed E-state index contributed by atoms with van der Waals surface area (Å²) in [4.78, 5) is 10.4. The summed E-state index contributed by atoms with van der Waals surface area (Å²) in [7, 11) is 0. The van der Waals surface area contributed by atoms with Crippen LogP contribution < -0.4 is 9.80 Å².